The van der Waals surface area contributed by atoms with Crippen LogP contribution < -0.4 is 0 Å². The number of hydrogen-bond donors (Lipinski definition) is 0. The number of benzene rings is 1. The first-order valence-electron chi connectivity index (χ1n) is 7.54. The fourth-order valence-electron chi connectivity index (χ4n) is 2.16. The second kappa shape index (κ2) is 7.45. The van der Waals surface area contributed by atoms with Crippen LogP contribution in [0.2, 0.25) is 5.02 Å². The van der Waals surface area contributed by atoms with Gasteiger partial charge in [-0.3, -0.25) is 0 Å². The summed E-state index contributed by atoms with van der Waals surface area (Å²) in [7, 11) is 0. The largest absolute Gasteiger partial charge is 0.455 e. The summed E-state index contributed by atoms with van der Waals surface area (Å²) in [5.41, 5.74) is -2.18. The molecule has 0 bridgehead atoms. The molecular formula is C18H16ClF3N2O2. The lowest BCUT2D eigenvalue weighted by Gasteiger charge is -2.19. The van der Waals surface area contributed by atoms with Gasteiger partial charge in [-0.15, -0.1) is 0 Å². The molecule has 8 heteroatoms. The van der Waals surface area contributed by atoms with Crippen LogP contribution in [-0.4, -0.2) is 21.5 Å². The van der Waals surface area contributed by atoms with E-state index in [1.165, 1.54) is 6.08 Å². The van der Waals surface area contributed by atoms with Crippen LogP contribution in [0.15, 0.2) is 24.9 Å². The summed E-state index contributed by atoms with van der Waals surface area (Å²) in [4.78, 5) is 20.2. The van der Waals surface area contributed by atoms with Gasteiger partial charge in [-0.1, -0.05) is 24.2 Å². The number of esters is 1. The molecule has 0 spiro atoms. The Bertz CT molecular complexity index is 864. The summed E-state index contributed by atoms with van der Waals surface area (Å²) in [6.07, 6.45) is -0.719. The van der Waals surface area contributed by atoms with Crippen LogP contribution in [0.25, 0.3) is 17.3 Å². The number of carbonyl (C=O) groups excluding carboxylic acids is 1. The van der Waals surface area contributed by atoms with Crippen molar-refractivity contribution in [2.24, 2.45) is 0 Å². The number of aromatic nitrogens is 2. The average molecular weight is 385 g/mol. The first-order valence-corrected chi connectivity index (χ1v) is 7.92. The van der Waals surface area contributed by atoms with Gasteiger partial charge in [0.05, 0.1) is 22.6 Å². The standard InChI is InChI=1S/C18H16ClF3N2O2/c1-5-11-15(17(25)26-18(2,3)4)23-8-12(24-11)13-9(16(21)22)6-7-10(19)14(13)20/h5-8,16H,1H2,2-4H3. The SMILES string of the molecule is C=Cc1nc(-c2c(C(F)F)ccc(Cl)c2F)cnc1C(=O)OC(C)(C)C. The topological polar surface area (TPSA) is 52.1 Å². The molecule has 0 aliphatic heterocycles. The van der Waals surface area contributed by atoms with E-state index < -0.39 is 34.9 Å². The smallest absolute Gasteiger partial charge is 0.359 e. The van der Waals surface area contributed by atoms with E-state index in [-0.39, 0.29) is 22.1 Å². The van der Waals surface area contributed by atoms with Crippen molar-refractivity contribution in [3.63, 3.8) is 0 Å². The van der Waals surface area contributed by atoms with E-state index in [9.17, 15) is 18.0 Å². The predicted molar refractivity (Wildman–Crippen MR) is 92.7 cm³/mol. The van der Waals surface area contributed by atoms with E-state index in [1.807, 2.05) is 0 Å². The van der Waals surface area contributed by atoms with E-state index >= 15 is 0 Å². The Kier molecular flexibility index (Phi) is 5.71. The van der Waals surface area contributed by atoms with Crippen LogP contribution in [0.3, 0.4) is 0 Å². The highest BCUT2D eigenvalue weighted by Gasteiger charge is 2.25. The van der Waals surface area contributed by atoms with Crippen molar-refractivity contribution in [2.45, 2.75) is 32.8 Å². The first-order chi connectivity index (χ1) is 12.0. The molecule has 4 nitrogen and oxygen atoms in total. The highest BCUT2D eigenvalue weighted by Crippen LogP contribution is 2.35. The number of hydrogen-bond acceptors (Lipinski definition) is 4. The van der Waals surface area contributed by atoms with Crippen molar-refractivity contribution in [2.75, 3.05) is 0 Å². The minimum atomic E-state index is -2.95. The normalized spacial score (nSPS) is 11.5. The van der Waals surface area contributed by atoms with Crippen LogP contribution in [0.1, 0.15) is 48.9 Å². The molecule has 0 amide bonds. The molecule has 2 rings (SSSR count). The van der Waals surface area contributed by atoms with E-state index in [4.69, 9.17) is 16.3 Å². The van der Waals surface area contributed by atoms with Gasteiger partial charge in [0.15, 0.2) is 11.5 Å². The zero-order valence-electron chi connectivity index (χ0n) is 14.3. The maximum Gasteiger partial charge on any atom is 0.359 e. The van der Waals surface area contributed by atoms with Gasteiger partial charge in [-0.2, -0.15) is 0 Å². The van der Waals surface area contributed by atoms with Crippen LogP contribution in [-0.2, 0) is 4.74 Å². The Morgan fingerprint density at radius 1 is 1.35 bits per heavy atom. The molecule has 0 saturated carbocycles. The lowest BCUT2D eigenvalue weighted by atomic mass is 10.0. The minimum absolute atomic E-state index is 0.0173. The molecule has 26 heavy (non-hydrogen) atoms. The van der Waals surface area contributed by atoms with E-state index in [2.05, 4.69) is 16.5 Å². The first kappa shape index (κ1) is 19.9. The Balaban J connectivity index is 2.60. The maximum atomic E-state index is 14.4. The Labute approximate surface area is 153 Å². The van der Waals surface area contributed by atoms with E-state index in [0.717, 1.165) is 18.3 Å². The van der Waals surface area contributed by atoms with Gasteiger partial charge in [0.2, 0.25) is 0 Å². The Hall–Kier alpha value is -2.41. The fourth-order valence-corrected chi connectivity index (χ4v) is 2.32. The molecule has 1 aromatic carbocycles. The number of halogens is 4. The van der Waals surface area contributed by atoms with Crippen LogP contribution >= 0.6 is 11.6 Å². The molecule has 0 N–H and O–H groups in total. The monoisotopic (exact) mass is 384 g/mol. The van der Waals surface area contributed by atoms with Gasteiger partial charge in [0.1, 0.15) is 5.60 Å². The molecule has 0 aliphatic rings. The van der Waals surface area contributed by atoms with E-state index in [1.54, 1.807) is 20.8 Å². The minimum Gasteiger partial charge on any atom is -0.455 e. The number of alkyl halides is 2. The van der Waals surface area contributed by atoms with Crippen molar-refractivity contribution in [3.05, 3.63) is 52.7 Å². The molecule has 2 aromatic rings. The van der Waals surface area contributed by atoms with E-state index in [0.29, 0.717) is 0 Å². The van der Waals surface area contributed by atoms with Gasteiger partial charge in [0, 0.05) is 11.1 Å². The molecule has 0 fully saturated rings. The van der Waals surface area contributed by atoms with Gasteiger partial charge >= 0.3 is 5.97 Å². The lowest BCUT2D eigenvalue weighted by Crippen LogP contribution is -2.25. The number of nitrogens with zero attached hydrogens (tertiary/aromatic N) is 2. The number of ether oxygens (including phenoxy) is 1. The molecule has 1 heterocycles. The molecule has 0 aliphatic carbocycles. The fraction of sp³-hybridized carbons (Fsp3) is 0.278. The second-order valence-corrected chi connectivity index (χ2v) is 6.73. The highest BCUT2D eigenvalue weighted by atomic mass is 35.5. The number of rotatable bonds is 4. The molecule has 0 unspecified atom stereocenters. The summed E-state index contributed by atoms with van der Waals surface area (Å²) in [5.74, 6) is -1.80. The lowest BCUT2D eigenvalue weighted by molar-refractivity contribution is 0.00620. The van der Waals surface area contributed by atoms with Crippen molar-refractivity contribution in [1.29, 1.82) is 0 Å². The molecule has 0 atom stereocenters. The van der Waals surface area contributed by atoms with Gasteiger partial charge < -0.3 is 4.74 Å². The summed E-state index contributed by atoms with van der Waals surface area (Å²) < 4.78 is 46.1. The van der Waals surface area contributed by atoms with Gasteiger partial charge in [0.25, 0.3) is 6.43 Å². The second-order valence-electron chi connectivity index (χ2n) is 6.32. The zero-order valence-corrected chi connectivity index (χ0v) is 15.1. The predicted octanol–water partition coefficient (Wildman–Crippen LogP) is 5.47. The third-order valence-corrected chi connectivity index (χ3v) is 3.50. The quantitative estimate of drug-likeness (QED) is 0.656. The molecule has 138 valence electrons. The summed E-state index contributed by atoms with van der Waals surface area (Å²) in [6, 6.07) is 2.06. The molecule has 1 aromatic heterocycles. The van der Waals surface area contributed by atoms with Crippen molar-refractivity contribution < 1.29 is 22.7 Å². The van der Waals surface area contributed by atoms with Gasteiger partial charge in [-0.05, 0) is 32.9 Å². The molecule has 0 radical (unpaired) electrons. The summed E-state index contributed by atoms with van der Waals surface area (Å²) in [5, 5.41) is -0.331. The molecular weight excluding hydrogens is 369 g/mol. The maximum absolute atomic E-state index is 14.4. The van der Waals surface area contributed by atoms with Crippen LogP contribution in [0.5, 0.6) is 0 Å². The number of carbonyl (C=O) groups is 1. The van der Waals surface area contributed by atoms with Crippen LogP contribution in [0, 0.1) is 5.82 Å². The van der Waals surface area contributed by atoms with Crippen molar-refractivity contribution >= 4 is 23.6 Å². The Morgan fingerprint density at radius 3 is 2.54 bits per heavy atom. The third-order valence-electron chi connectivity index (χ3n) is 3.20. The van der Waals surface area contributed by atoms with Crippen molar-refractivity contribution in [1.82, 2.24) is 9.97 Å². The Morgan fingerprint density at radius 2 is 2.00 bits per heavy atom. The van der Waals surface area contributed by atoms with Crippen LogP contribution in [0.4, 0.5) is 13.2 Å². The summed E-state index contributed by atoms with van der Waals surface area (Å²) in [6.45, 7) is 8.56. The summed E-state index contributed by atoms with van der Waals surface area (Å²) >= 11 is 5.71. The molecule has 0 saturated heterocycles. The average Bonchev–Trinajstić information content (AvgIpc) is 2.54. The van der Waals surface area contributed by atoms with Crippen molar-refractivity contribution in [3.8, 4) is 11.3 Å². The highest BCUT2D eigenvalue weighted by molar-refractivity contribution is 6.31. The zero-order chi connectivity index (χ0) is 19.6. The van der Waals surface area contributed by atoms with Gasteiger partial charge in [-0.25, -0.2) is 27.9 Å². The third kappa shape index (κ3) is 4.22.